The molecule has 4 heteroatoms. The molecule has 4 nitrogen and oxygen atoms in total. The first kappa shape index (κ1) is 13.2. The zero-order valence-electron chi connectivity index (χ0n) is 11.3. The fraction of sp³-hybridized carbons (Fsp3) is 0.500. The van der Waals surface area contributed by atoms with Gasteiger partial charge in [0.25, 0.3) is 0 Å². The Bertz CT molecular complexity index is 522. The predicted molar refractivity (Wildman–Crippen MR) is 74.3 cm³/mol. The van der Waals surface area contributed by atoms with E-state index in [1.165, 1.54) is 0 Å². The average Bonchev–Trinajstić information content (AvgIpc) is 3.14. The third kappa shape index (κ3) is 2.30. The average molecular weight is 273 g/mol. The molecule has 0 unspecified atom stereocenters. The summed E-state index contributed by atoms with van der Waals surface area (Å²) in [5, 5.41) is 12.1. The lowest BCUT2D eigenvalue weighted by molar-refractivity contribution is -0.141. The number of hydrogen-bond acceptors (Lipinski definition) is 2. The van der Waals surface area contributed by atoms with Crippen LogP contribution in [0.25, 0.3) is 0 Å². The van der Waals surface area contributed by atoms with Crippen LogP contribution in [0.15, 0.2) is 30.3 Å². The summed E-state index contributed by atoms with van der Waals surface area (Å²) in [6.07, 6.45) is 3.77. The Morgan fingerprint density at radius 2 is 1.85 bits per heavy atom. The molecule has 20 heavy (non-hydrogen) atoms. The van der Waals surface area contributed by atoms with Gasteiger partial charge >= 0.3 is 5.97 Å². The highest BCUT2D eigenvalue weighted by molar-refractivity contribution is 5.91. The van der Waals surface area contributed by atoms with Crippen LogP contribution in [0.4, 0.5) is 0 Å². The number of amides is 1. The highest BCUT2D eigenvalue weighted by Gasteiger charge is 2.51. The maximum Gasteiger partial charge on any atom is 0.306 e. The lowest BCUT2D eigenvalue weighted by Gasteiger charge is -2.19. The minimum Gasteiger partial charge on any atom is -0.481 e. The summed E-state index contributed by atoms with van der Waals surface area (Å²) in [5.74, 6) is -0.974. The van der Waals surface area contributed by atoms with E-state index in [1.807, 2.05) is 30.3 Å². The summed E-state index contributed by atoms with van der Waals surface area (Å²) in [6, 6.07) is 9.89. The smallest absolute Gasteiger partial charge is 0.306 e. The van der Waals surface area contributed by atoms with E-state index in [0.29, 0.717) is 12.8 Å². The summed E-state index contributed by atoms with van der Waals surface area (Å²) in [5.41, 5.74) is 0.716. The van der Waals surface area contributed by atoms with Crippen molar-refractivity contribution in [2.75, 3.05) is 0 Å². The molecule has 1 aromatic rings. The second-order valence-corrected chi connectivity index (χ2v) is 5.97. The van der Waals surface area contributed by atoms with E-state index in [1.54, 1.807) is 0 Å². The quantitative estimate of drug-likeness (QED) is 0.882. The highest BCUT2D eigenvalue weighted by atomic mass is 16.4. The van der Waals surface area contributed by atoms with Gasteiger partial charge in [0.1, 0.15) is 0 Å². The third-order valence-electron chi connectivity index (χ3n) is 4.63. The van der Waals surface area contributed by atoms with Crippen molar-refractivity contribution >= 4 is 11.9 Å². The van der Waals surface area contributed by atoms with Crippen molar-refractivity contribution in [3.05, 3.63) is 35.9 Å². The van der Waals surface area contributed by atoms with Crippen molar-refractivity contribution in [1.29, 1.82) is 0 Å². The fourth-order valence-electron chi connectivity index (χ4n) is 3.19. The molecule has 2 fully saturated rings. The minimum atomic E-state index is -0.744. The van der Waals surface area contributed by atoms with E-state index in [0.717, 1.165) is 24.8 Å². The van der Waals surface area contributed by atoms with Gasteiger partial charge in [-0.15, -0.1) is 0 Å². The largest absolute Gasteiger partial charge is 0.481 e. The van der Waals surface area contributed by atoms with Gasteiger partial charge in [0.05, 0.1) is 11.3 Å². The van der Waals surface area contributed by atoms with Gasteiger partial charge in [0.2, 0.25) is 5.91 Å². The zero-order chi connectivity index (χ0) is 14.2. The lowest BCUT2D eigenvalue weighted by atomic mass is 9.94. The Hall–Kier alpha value is -1.84. The van der Waals surface area contributed by atoms with E-state index in [4.69, 9.17) is 5.11 Å². The molecule has 2 saturated carbocycles. The Labute approximate surface area is 118 Å². The minimum absolute atomic E-state index is 0.0183. The van der Waals surface area contributed by atoms with Crippen LogP contribution in [0.5, 0.6) is 0 Å². The van der Waals surface area contributed by atoms with Gasteiger partial charge in [-0.3, -0.25) is 9.59 Å². The second-order valence-electron chi connectivity index (χ2n) is 5.97. The number of nitrogens with one attached hydrogen (secondary N) is 1. The van der Waals surface area contributed by atoms with Gasteiger partial charge in [0.15, 0.2) is 0 Å². The molecule has 2 aliphatic carbocycles. The maximum atomic E-state index is 12.5. The Morgan fingerprint density at radius 1 is 1.15 bits per heavy atom. The first-order valence-corrected chi connectivity index (χ1v) is 7.21. The molecule has 0 spiro atoms. The van der Waals surface area contributed by atoms with Crippen molar-refractivity contribution in [3.8, 4) is 0 Å². The van der Waals surface area contributed by atoms with Crippen molar-refractivity contribution in [2.24, 2.45) is 5.92 Å². The Morgan fingerprint density at radius 3 is 2.40 bits per heavy atom. The van der Waals surface area contributed by atoms with Crippen molar-refractivity contribution in [1.82, 2.24) is 5.32 Å². The monoisotopic (exact) mass is 273 g/mol. The molecule has 3 rings (SSSR count). The summed E-state index contributed by atoms with van der Waals surface area (Å²) in [6.45, 7) is 0. The summed E-state index contributed by atoms with van der Waals surface area (Å²) >= 11 is 0. The van der Waals surface area contributed by atoms with Crippen LogP contribution in [0.3, 0.4) is 0 Å². The number of rotatable bonds is 4. The van der Waals surface area contributed by atoms with Crippen LogP contribution in [-0.2, 0) is 15.0 Å². The van der Waals surface area contributed by atoms with E-state index in [9.17, 15) is 9.59 Å². The van der Waals surface area contributed by atoms with E-state index < -0.39 is 5.97 Å². The number of aliphatic carboxylic acids is 1. The van der Waals surface area contributed by atoms with Crippen LogP contribution >= 0.6 is 0 Å². The summed E-state index contributed by atoms with van der Waals surface area (Å²) in [4.78, 5) is 23.5. The van der Waals surface area contributed by atoms with E-state index in [-0.39, 0.29) is 23.3 Å². The number of carboxylic acids is 1. The molecule has 0 aliphatic heterocycles. The molecule has 1 amide bonds. The molecule has 0 aromatic heterocycles. The molecule has 2 aliphatic rings. The molecule has 0 saturated heterocycles. The molecule has 106 valence electrons. The van der Waals surface area contributed by atoms with Crippen LogP contribution < -0.4 is 5.32 Å². The standard InChI is InChI=1S/C16H19NO3/c18-14(19)11-6-7-13(10-11)17-15(20)16(8-9-16)12-4-2-1-3-5-12/h1-5,11,13H,6-10H2,(H,17,20)(H,18,19)/t11-,13+/m0/s1. The third-order valence-corrected chi connectivity index (χ3v) is 4.63. The van der Waals surface area contributed by atoms with Gasteiger partial charge < -0.3 is 10.4 Å². The van der Waals surface area contributed by atoms with Gasteiger partial charge in [-0.1, -0.05) is 30.3 Å². The second kappa shape index (κ2) is 4.93. The normalized spacial score (nSPS) is 27.0. The van der Waals surface area contributed by atoms with Gasteiger partial charge in [-0.25, -0.2) is 0 Å². The first-order valence-electron chi connectivity index (χ1n) is 7.21. The summed E-state index contributed by atoms with van der Waals surface area (Å²) < 4.78 is 0. The number of carboxylic acid groups (broad SMARTS) is 1. The molecule has 1 aromatic carbocycles. The maximum absolute atomic E-state index is 12.5. The number of carbonyl (C=O) groups is 2. The summed E-state index contributed by atoms with van der Waals surface area (Å²) in [7, 11) is 0. The van der Waals surface area contributed by atoms with Crippen molar-refractivity contribution in [3.63, 3.8) is 0 Å². The molecule has 0 heterocycles. The first-order chi connectivity index (χ1) is 9.62. The topological polar surface area (TPSA) is 66.4 Å². The Balaban J connectivity index is 1.65. The lowest BCUT2D eigenvalue weighted by Crippen LogP contribution is -2.40. The number of benzene rings is 1. The van der Waals surface area contributed by atoms with Gasteiger partial charge in [-0.2, -0.15) is 0 Å². The molecule has 0 bridgehead atoms. The molecular weight excluding hydrogens is 254 g/mol. The fourth-order valence-corrected chi connectivity index (χ4v) is 3.19. The molecule has 0 radical (unpaired) electrons. The number of hydrogen-bond donors (Lipinski definition) is 2. The molecule has 2 N–H and O–H groups in total. The molecular formula is C16H19NO3. The Kier molecular flexibility index (Phi) is 3.24. The van der Waals surface area contributed by atoms with Crippen LogP contribution in [0, 0.1) is 5.92 Å². The van der Waals surface area contributed by atoms with Crippen LogP contribution in [0.2, 0.25) is 0 Å². The van der Waals surface area contributed by atoms with E-state index in [2.05, 4.69) is 5.32 Å². The van der Waals surface area contributed by atoms with Gasteiger partial charge in [0, 0.05) is 6.04 Å². The van der Waals surface area contributed by atoms with Crippen molar-refractivity contribution < 1.29 is 14.7 Å². The zero-order valence-corrected chi connectivity index (χ0v) is 11.3. The van der Waals surface area contributed by atoms with Crippen LogP contribution in [0.1, 0.15) is 37.7 Å². The molecule has 2 atom stereocenters. The van der Waals surface area contributed by atoms with Crippen molar-refractivity contribution in [2.45, 2.75) is 43.6 Å². The SMILES string of the molecule is O=C(O)[C@H]1CC[C@@H](NC(=O)C2(c3ccccc3)CC2)C1. The van der Waals surface area contributed by atoms with E-state index >= 15 is 0 Å². The number of carbonyl (C=O) groups excluding carboxylic acids is 1. The van der Waals surface area contributed by atoms with Gasteiger partial charge in [-0.05, 0) is 37.7 Å². The van der Waals surface area contributed by atoms with Crippen LogP contribution in [-0.4, -0.2) is 23.0 Å². The predicted octanol–water partition coefficient (Wildman–Crippen LogP) is 2.09. The highest BCUT2D eigenvalue weighted by Crippen LogP contribution is 2.48.